The maximum Gasteiger partial charge on any atom is 0.308 e. The Labute approximate surface area is 155 Å². The number of para-hydroxylation sites is 1. The van der Waals surface area contributed by atoms with Crippen molar-refractivity contribution >= 4 is 29.2 Å². The molecular formula is C18H17ClN2O5. The van der Waals surface area contributed by atoms with Gasteiger partial charge in [-0.15, -0.1) is 0 Å². The lowest BCUT2D eigenvalue weighted by molar-refractivity contribution is -0.385. The van der Waals surface area contributed by atoms with Crippen LogP contribution in [0.1, 0.15) is 35.3 Å². The first kappa shape index (κ1) is 19.4. The number of hydrogen-bond donors (Lipinski definition) is 1. The molecule has 7 nitrogen and oxygen atoms in total. The predicted molar refractivity (Wildman–Crippen MR) is 96.0 cm³/mol. The smallest absolute Gasteiger partial charge is 0.308 e. The van der Waals surface area contributed by atoms with Crippen LogP contribution in [0.4, 0.5) is 5.69 Å². The van der Waals surface area contributed by atoms with Crippen molar-refractivity contribution in [2.75, 3.05) is 6.61 Å². The molecule has 0 heterocycles. The van der Waals surface area contributed by atoms with E-state index in [1.54, 1.807) is 31.2 Å². The number of nitrogens with one attached hydrogen (secondary N) is 1. The molecule has 26 heavy (non-hydrogen) atoms. The maximum absolute atomic E-state index is 12.6. The Morgan fingerprint density at radius 3 is 2.50 bits per heavy atom. The standard InChI is InChI=1S/C18H17ClN2O5/c1-2-26-17(22)11-15(12-7-3-5-9-14(12)19)20-18(23)13-8-4-6-10-16(13)21(24)25/h3-10,15H,2,11H2,1H3,(H,20,23)/t15-/m1/s1. The molecule has 0 aliphatic rings. The lowest BCUT2D eigenvalue weighted by atomic mass is 10.0. The molecular weight excluding hydrogens is 360 g/mol. The van der Waals surface area contributed by atoms with Gasteiger partial charge in [0.05, 0.1) is 24.0 Å². The molecule has 1 amide bonds. The SMILES string of the molecule is CCOC(=O)C[C@@H](NC(=O)c1ccccc1[N+](=O)[O-])c1ccccc1Cl. The van der Waals surface area contributed by atoms with Crippen molar-refractivity contribution in [2.45, 2.75) is 19.4 Å². The Kier molecular flexibility index (Phi) is 6.68. The van der Waals surface area contributed by atoms with Crippen molar-refractivity contribution in [1.29, 1.82) is 0 Å². The van der Waals surface area contributed by atoms with Gasteiger partial charge in [-0.25, -0.2) is 0 Å². The monoisotopic (exact) mass is 376 g/mol. The topological polar surface area (TPSA) is 98.5 Å². The van der Waals surface area contributed by atoms with E-state index < -0.39 is 22.8 Å². The number of ether oxygens (including phenoxy) is 1. The number of carbonyl (C=O) groups excluding carboxylic acids is 2. The molecule has 0 aromatic heterocycles. The van der Waals surface area contributed by atoms with Gasteiger partial charge in [-0.1, -0.05) is 41.9 Å². The largest absolute Gasteiger partial charge is 0.466 e. The molecule has 0 saturated carbocycles. The molecule has 0 radical (unpaired) electrons. The number of amides is 1. The molecule has 0 aliphatic carbocycles. The minimum absolute atomic E-state index is 0.0987. The van der Waals surface area contributed by atoms with Gasteiger partial charge in [0.25, 0.3) is 11.6 Å². The fourth-order valence-corrected chi connectivity index (χ4v) is 2.71. The van der Waals surface area contributed by atoms with Crippen molar-refractivity contribution in [3.63, 3.8) is 0 Å². The lowest BCUT2D eigenvalue weighted by Gasteiger charge is -2.19. The summed E-state index contributed by atoms with van der Waals surface area (Å²) >= 11 is 6.18. The average Bonchev–Trinajstić information content (AvgIpc) is 2.61. The predicted octanol–water partition coefficient (Wildman–Crippen LogP) is 3.67. The zero-order valence-corrected chi connectivity index (χ0v) is 14.7. The van der Waals surface area contributed by atoms with Crippen molar-refractivity contribution in [2.24, 2.45) is 0 Å². The van der Waals surface area contributed by atoms with Gasteiger partial charge in [-0.05, 0) is 24.6 Å². The first-order chi connectivity index (χ1) is 12.4. The second-order valence-corrected chi connectivity index (χ2v) is 5.74. The third-order valence-corrected chi connectivity index (χ3v) is 3.95. The van der Waals surface area contributed by atoms with Gasteiger partial charge < -0.3 is 10.1 Å². The molecule has 0 fully saturated rings. The Hall–Kier alpha value is -2.93. The Morgan fingerprint density at radius 1 is 1.19 bits per heavy atom. The second-order valence-electron chi connectivity index (χ2n) is 5.33. The van der Waals surface area contributed by atoms with E-state index in [0.717, 1.165) is 0 Å². The molecule has 0 aliphatic heterocycles. The molecule has 8 heteroatoms. The minimum atomic E-state index is -0.782. The van der Waals surface area contributed by atoms with Gasteiger partial charge in [0.2, 0.25) is 0 Å². The van der Waals surface area contributed by atoms with E-state index in [0.29, 0.717) is 10.6 Å². The summed E-state index contributed by atoms with van der Waals surface area (Å²) in [6.45, 7) is 1.88. The van der Waals surface area contributed by atoms with Crippen molar-refractivity contribution in [1.82, 2.24) is 5.32 Å². The van der Waals surface area contributed by atoms with Crippen LogP contribution < -0.4 is 5.32 Å². The van der Waals surface area contributed by atoms with Crippen LogP contribution >= 0.6 is 11.6 Å². The number of halogens is 1. The number of hydrogen-bond acceptors (Lipinski definition) is 5. The summed E-state index contributed by atoms with van der Waals surface area (Å²) in [5.41, 5.74) is 0.103. The molecule has 2 rings (SSSR count). The number of nitro groups is 1. The third-order valence-electron chi connectivity index (χ3n) is 3.61. The van der Waals surface area contributed by atoms with E-state index in [1.165, 1.54) is 24.3 Å². The first-order valence-corrected chi connectivity index (χ1v) is 8.26. The summed E-state index contributed by atoms with van der Waals surface area (Å²) in [7, 11) is 0. The van der Waals surface area contributed by atoms with E-state index in [1.807, 2.05) is 0 Å². The maximum atomic E-state index is 12.6. The van der Waals surface area contributed by atoms with Crippen LogP contribution in [0.3, 0.4) is 0 Å². The van der Waals surface area contributed by atoms with Gasteiger partial charge in [-0.3, -0.25) is 19.7 Å². The number of carbonyl (C=O) groups is 2. The fourth-order valence-electron chi connectivity index (χ4n) is 2.44. The third kappa shape index (κ3) is 4.80. The molecule has 0 unspecified atom stereocenters. The van der Waals surface area contributed by atoms with Crippen LogP contribution in [-0.4, -0.2) is 23.4 Å². The van der Waals surface area contributed by atoms with Crippen LogP contribution in [0.25, 0.3) is 0 Å². The Balaban J connectivity index is 2.32. The minimum Gasteiger partial charge on any atom is -0.466 e. The number of nitro benzene ring substituents is 1. The van der Waals surface area contributed by atoms with Gasteiger partial charge in [0.1, 0.15) is 5.56 Å². The Morgan fingerprint density at radius 2 is 1.85 bits per heavy atom. The Bertz CT molecular complexity index is 825. The number of esters is 1. The zero-order chi connectivity index (χ0) is 19.1. The lowest BCUT2D eigenvalue weighted by Crippen LogP contribution is -2.31. The molecule has 0 bridgehead atoms. The number of benzene rings is 2. The molecule has 2 aromatic rings. The van der Waals surface area contributed by atoms with Gasteiger partial charge in [0.15, 0.2) is 0 Å². The molecule has 0 saturated heterocycles. The average molecular weight is 377 g/mol. The van der Waals surface area contributed by atoms with Crippen LogP contribution in [0.2, 0.25) is 5.02 Å². The summed E-state index contributed by atoms with van der Waals surface area (Å²) in [6.07, 6.45) is -0.149. The highest BCUT2D eigenvalue weighted by atomic mass is 35.5. The van der Waals surface area contributed by atoms with Crippen molar-refractivity contribution in [3.05, 3.63) is 74.8 Å². The van der Waals surface area contributed by atoms with Crippen LogP contribution in [0.5, 0.6) is 0 Å². The summed E-state index contributed by atoms with van der Waals surface area (Å²) in [6, 6.07) is 11.5. The van der Waals surface area contributed by atoms with Crippen LogP contribution in [0, 0.1) is 10.1 Å². The van der Waals surface area contributed by atoms with E-state index in [-0.39, 0.29) is 24.3 Å². The highest BCUT2D eigenvalue weighted by Crippen LogP contribution is 2.27. The van der Waals surface area contributed by atoms with Crippen molar-refractivity contribution in [3.8, 4) is 0 Å². The van der Waals surface area contributed by atoms with Crippen molar-refractivity contribution < 1.29 is 19.2 Å². The summed E-state index contributed by atoms with van der Waals surface area (Å²) < 4.78 is 4.94. The zero-order valence-electron chi connectivity index (χ0n) is 14.0. The fraction of sp³-hybridized carbons (Fsp3) is 0.222. The van der Waals surface area contributed by atoms with Gasteiger partial charge >= 0.3 is 5.97 Å². The highest BCUT2D eigenvalue weighted by molar-refractivity contribution is 6.31. The number of rotatable bonds is 7. The molecule has 1 N–H and O–H groups in total. The second kappa shape index (κ2) is 8.96. The normalized spacial score (nSPS) is 11.5. The first-order valence-electron chi connectivity index (χ1n) is 7.88. The highest BCUT2D eigenvalue weighted by Gasteiger charge is 2.25. The van der Waals surface area contributed by atoms with E-state index in [2.05, 4.69) is 5.32 Å². The summed E-state index contributed by atoms with van der Waals surface area (Å²) in [5, 5.41) is 14.1. The van der Waals surface area contributed by atoms with E-state index in [4.69, 9.17) is 16.3 Å². The van der Waals surface area contributed by atoms with Gasteiger partial charge in [0, 0.05) is 11.1 Å². The molecule has 1 atom stereocenters. The van der Waals surface area contributed by atoms with E-state index in [9.17, 15) is 19.7 Å². The van der Waals surface area contributed by atoms with Crippen LogP contribution in [0.15, 0.2) is 48.5 Å². The molecule has 2 aromatic carbocycles. The molecule has 0 spiro atoms. The van der Waals surface area contributed by atoms with E-state index >= 15 is 0 Å². The number of nitrogens with zero attached hydrogens (tertiary/aromatic N) is 1. The van der Waals surface area contributed by atoms with Crippen LogP contribution in [-0.2, 0) is 9.53 Å². The molecule has 136 valence electrons. The van der Waals surface area contributed by atoms with Gasteiger partial charge in [-0.2, -0.15) is 0 Å². The quantitative estimate of drug-likeness (QED) is 0.451. The summed E-state index contributed by atoms with van der Waals surface area (Å²) in [4.78, 5) is 35.0. The summed E-state index contributed by atoms with van der Waals surface area (Å²) in [5.74, 6) is -1.19.